The Kier molecular flexibility index (Phi) is 5.43. The molecule has 7 nitrogen and oxygen atoms in total. The van der Waals surface area contributed by atoms with Crippen molar-refractivity contribution < 1.29 is 19.5 Å². The lowest BCUT2D eigenvalue weighted by molar-refractivity contribution is -0.136. The van der Waals surface area contributed by atoms with E-state index in [2.05, 4.69) is 10.6 Å². The van der Waals surface area contributed by atoms with Crippen LogP contribution >= 0.6 is 0 Å². The summed E-state index contributed by atoms with van der Waals surface area (Å²) in [7, 11) is 0. The van der Waals surface area contributed by atoms with Gasteiger partial charge in [-0.15, -0.1) is 0 Å². The summed E-state index contributed by atoms with van der Waals surface area (Å²) in [5, 5.41) is 13.6. The molecule has 1 aliphatic rings. The average molecular weight is 333 g/mol. The van der Waals surface area contributed by atoms with Crippen LogP contribution < -0.4 is 15.5 Å². The summed E-state index contributed by atoms with van der Waals surface area (Å²) in [5.74, 6) is -1.12. The molecule has 3 N–H and O–H groups in total. The van der Waals surface area contributed by atoms with Crippen molar-refractivity contribution in [2.45, 2.75) is 39.7 Å². The maximum Gasteiger partial charge on any atom is 0.315 e. The van der Waals surface area contributed by atoms with Gasteiger partial charge in [-0.05, 0) is 38.3 Å². The second kappa shape index (κ2) is 7.33. The molecule has 1 unspecified atom stereocenters. The summed E-state index contributed by atoms with van der Waals surface area (Å²) >= 11 is 0. The molecule has 24 heavy (non-hydrogen) atoms. The number of rotatable bonds is 5. The van der Waals surface area contributed by atoms with E-state index in [9.17, 15) is 14.4 Å². The Morgan fingerprint density at radius 1 is 1.25 bits per heavy atom. The zero-order valence-electron chi connectivity index (χ0n) is 14.2. The first kappa shape index (κ1) is 17.8. The number of amides is 3. The molecule has 7 heteroatoms. The van der Waals surface area contributed by atoms with Crippen molar-refractivity contribution in [1.82, 2.24) is 10.6 Å². The number of nitrogens with one attached hydrogen (secondary N) is 2. The third kappa shape index (κ3) is 4.04. The van der Waals surface area contributed by atoms with Crippen LogP contribution in [-0.2, 0) is 9.59 Å². The fourth-order valence-electron chi connectivity index (χ4n) is 3.13. The molecule has 0 aliphatic carbocycles. The monoisotopic (exact) mass is 333 g/mol. The minimum Gasteiger partial charge on any atom is -0.481 e. The summed E-state index contributed by atoms with van der Waals surface area (Å²) in [6, 6.07) is 2.97. The number of carboxylic acid groups (broad SMARTS) is 1. The molecule has 2 rings (SSSR count). The van der Waals surface area contributed by atoms with Crippen molar-refractivity contribution in [2.75, 3.05) is 18.0 Å². The topological polar surface area (TPSA) is 98.7 Å². The number of benzene rings is 1. The minimum atomic E-state index is -0.983. The van der Waals surface area contributed by atoms with Crippen molar-refractivity contribution in [1.29, 1.82) is 0 Å². The van der Waals surface area contributed by atoms with E-state index in [1.54, 1.807) is 4.90 Å². The zero-order chi connectivity index (χ0) is 17.9. The highest BCUT2D eigenvalue weighted by atomic mass is 16.4. The van der Waals surface area contributed by atoms with Crippen LogP contribution in [0.5, 0.6) is 0 Å². The first-order valence-corrected chi connectivity index (χ1v) is 7.95. The van der Waals surface area contributed by atoms with Crippen molar-refractivity contribution >= 4 is 23.6 Å². The number of aliphatic carboxylic acids is 1. The van der Waals surface area contributed by atoms with Gasteiger partial charge >= 0.3 is 12.0 Å². The summed E-state index contributed by atoms with van der Waals surface area (Å²) in [6.45, 7) is 6.54. The second-order valence-electron chi connectivity index (χ2n) is 6.12. The van der Waals surface area contributed by atoms with Gasteiger partial charge in [0.1, 0.15) is 6.04 Å². The summed E-state index contributed by atoms with van der Waals surface area (Å²) < 4.78 is 0. The highest BCUT2D eigenvalue weighted by Crippen LogP contribution is 2.29. The number of carbonyl (C=O) groups is 3. The SMILES string of the molecule is Cc1cc(C)c(N2CCC(NC(=O)NCCC(=O)O)C2=O)c(C)c1. The molecule has 1 saturated heterocycles. The predicted octanol–water partition coefficient (Wildman–Crippen LogP) is 1.49. The maximum atomic E-state index is 12.6. The molecule has 1 aliphatic heterocycles. The van der Waals surface area contributed by atoms with E-state index in [-0.39, 0.29) is 18.9 Å². The average Bonchev–Trinajstić information content (AvgIpc) is 2.79. The van der Waals surface area contributed by atoms with Crippen molar-refractivity contribution in [3.8, 4) is 0 Å². The molecule has 0 aromatic heterocycles. The van der Waals surface area contributed by atoms with Crippen LogP contribution in [0.3, 0.4) is 0 Å². The summed E-state index contributed by atoms with van der Waals surface area (Å²) in [5.41, 5.74) is 4.12. The zero-order valence-corrected chi connectivity index (χ0v) is 14.2. The smallest absolute Gasteiger partial charge is 0.315 e. The number of hydrogen-bond acceptors (Lipinski definition) is 3. The largest absolute Gasteiger partial charge is 0.481 e. The van der Waals surface area contributed by atoms with Crippen molar-refractivity contribution in [2.24, 2.45) is 0 Å². The lowest BCUT2D eigenvalue weighted by Gasteiger charge is -2.22. The Morgan fingerprint density at radius 3 is 2.46 bits per heavy atom. The van der Waals surface area contributed by atoms with E-state index in [1.807, 2.05) is 32.9 Å². The number of nitrogens with zero attached hydrogens (tertiary/aromatic N) is 1. The van der Waals surface area contributed by atoms with E-state index in [4.69, 9.17) is 5.11 Å². The number of carboxylic acids is 1. The van der Waals surface area contributed by atoms with Crippen LogP contribution in [0.2, 0.25) is 0 Å². The van der Waals surface area contributed by atoms with Crippen LogP contribution in [0, 0.1) is 20.8 Å². The van der Waals surface area contributed by atoms with Gasteiger partial charge in [-0.1, -0.05) is 17.7 Å². The Bertz CT molecular complexity index is 649. The van der Waals surface area contributed by atoms with E-state index in [0.29, 0.717) is 13.0 Å². The minimum absolute atomic E-state index is 0.0297. The normalized spacial score (nSPS) is 17.0. The van der Waals surface area contributed by atoms with Gasteiger partial charge in [0, 0.05) is 18.8 Å². The fourth-order valence-corrected chi connectivity index (χ4v) is 3.13. The second-order valence-corrected chi connectivity index (χ2v) is 6.12. The lowest BCUT2D eigenvalue weighted by atomic mass is 10.0. The van der Waals surface area contributed by atoms with Crippen molar-refractivity contribution in [3.05, 3.63) is 28.8 Å². The fraction of sp³-hybridized carbons (Fsp3) is 0.471. The highest BCUT2D eigenvalue weighted by molar-refractivity contribution is 6.02. The molecule has 0 bridgehead atoms. The molecule has 1 aromatic rings. The van der Waals surface area contributed by atoms with E-state index in [0.717, 1.165) is 22.4 Å². The Labute approximate surface area is 141 Å². The van der Waals surface area contributed by atoms with E-state index < -0.39 is 18.0 Å². The predicted molar refractivity (Wildman–Crippen MR) is 90.2 cm³/mol. The van der Waals surface area contributed by atoms with Gasteiger partial charge in [-0.3, -0.25) is 9.59 Å². The van der Waals surface area contributed by atoms with Crippen LogP contribution in [0.25, 0.3) is 0 Å². The molecular weight excluding hydrogens is 310 g/mol. The van der Waals surface area contributed by atoms with Gasteiger partial charge in [-0.2, -0.15) is 0 Å². The van der Waals surface area contributed by atoms with Crippen LogP contribution in [0.1, 0.15) is 29.5 Å². The highest BCUT2D eigenvalue weighted by Gasteiger charge is 2.34. The first-order chi connectivity index (χ1) is 11.3. The van der Waals surface area contributed by atoms with E-state index in [1.165, 1.54) is 0 Å². The number of hydrogen-bond donors (Lipinski definition) is 3. The molecule has 130 valence electrons. The van der Waals surface area contributed by atoms with Gasteiger partial charge in [0.25, 0.3) is 0 Å². The maximum absolute atomic E-state index is 12.6. The van der Waals surface area contributed by atoms with Gasteiger partial charge in [-0.25, -0.2) is 4.79 Å². The number of anilines is 1. The third-order valence-electron chi connectivity index (χ3n) is 4.04. The Hall–Kier alpha value is -2.57. The number of aryl methyl sites for hydroxylation is 3. The van der Waals surface area contributed by atoms with Crippen molar-refractivity contribution in [3.63, 3.8) is 0 Å². The summed E-state index contributed by atoms with van der Waals surface area (Å²) in [4.78, 5) is 36.5. The molecule has 1 aromatic carbocycles. The molecule has 1 heterocycles. The van der Waals surface area contributed by atoms with Gasteiger partial charge in [0.05, 0.1) is 6.42 Å². The molecule has 0 saturated carbocycles. The lowest BCUT2D eigenvalue weighted by Crippen LogP contribution is -2.46. The Morgan fingerprint density at radius 2 is 1.88 bits per heavy atom. The quantitative estimate of drug-likeness (QED) is 0.760. The molecule has 3 amide bonds. The summed E-state index contributed by atoms with van der Waals surface area (Å²) in [6.07, 6.45) is 0.373. The Balaban J connectivity index is 2.00. The number of urea groups is 1. The van der Waals surface area contributed by atoms with E-state index >= 15 is 0 Å². The van der Waals surface area contributed by atoms with Gasteiger partial charge in [0.15, 0.2) is 0 Å². The molecular formula is C17H23N3O4. The number of carbonyl (C=O) groups excluding carboxylic acids is 2. The van der Waals surface area contributed by atoms with Gasteiger partial charge in [0.2, 0.25) is 5.91 Å². The van der Waals surface area contributed by atoms with Crippen LogP contribution in [0.15, 0.2) is 12.1 Å². The molecule has 0 radical (unpaired) electrons. The molecule has 0 spiro atoms. The standard InChI is InChI=1S/C17H23N3O4/c1-10-8-11(2)15(12(3)9-10)20-7-5-13(16(20)23)19-17(24)18-6-4-14(21)22/h8-9,13H,4-7H2,1-3H3,(H,21,22)(H2,18,19,24). The van der Waals surface area contributed by atoms with Gasteiger partial charge < -0.3 is 20.6 Å². The van der Waals surface area contributed by atoms with Crippen LogP contribution in [-0.4, -0.2) is 42.1 Å². The first-order valence-electron chi connectivity index (χ1n) is 7.95. The van der Waals surface area contributed by atoms with Crippen LogP contribution in [0.4, 0.5) is 10.5 Å². The molecule has 1 fully saturated rings. The third-order valence-corrected chi connectivity index (χ3v) is 4.04. The molecule has 1 atom stereocenters.